The zero-order chi connectivity index (χ0) is 8.10. The molecule has 2 N–H and O–H groups in total. The van der Waals surface area contributed by atoms with Gasteiger partial charge >= 0.3 is 0 Å². The van der Waals surface area contributed by atoms with Gasteiger partial charge in [0.1, 0.15) is 0 Å². The maximum Gasteiger partial charge on any atom is 0.0586 e. The highest BCUT2D eigenvalue weighted by molar-refractivity contribution is 4.74. The van der Waals surface area contributed by atoms with Crippen molar-refractivity contribution < 1.29 is 5.11 Å². The van der Waals surface area contributed by atoms with Gasteiger partial charge in [0.15, 0.2) is 0 Å². The van der Waals surface area contributed by atoms with E-state index in [1.54, 1.807) is 0 Å². The molecule has 1 saturated heterocycles. The van der Waals surface area contributed by atoms with Crippen molar-refractivity contribution in [2.24, 2.45) is 0 Å². The summed E-state index contributed by atoms with van der Waals surface area (Å²) in [6.07, 6.45) is 1.05. The highest BCUT2D eigenvalue weighted by Crippen LogP contribution is 2.03. The number of hydrogen-bond acceptors (Lipinski definition) is 3. The topological polar surface area (TPSA) is 35.5 Å². The van der Waals surface area contributed by atoms with Gasteiger partial charge in [-0.3, -0.25) is 4.90 Å². The summed E-state index contributed by atoms with van der Waals surface area (Å²) in [7, 11) is 0. The first-order valence-corrected chi connectivity index (χ1v) is 4.44. The van der Waals surface area contributed by atoms with E-state index >= 15 is 0 Å². The van der Waals surface area contributed by atoms with E-state index < -0.39 is 0 Å². The molecule has 0 amide bonds. The second kappa shape index (κ2) is 4.70. The highest BCUT2D eigenvalue weighted by Gasteiger charge is 2.17. The molecular weight excluding hydrogens is 140 g/mol. The third-order valence-electron chi connectivity index (χ3n) is 2.35. The lowest BCUT2D eigenvalue weighted by atomic mass is 10.2. The smallest absolute Gasteiger partial charge is 0.0586 e. The van der Waals surface area contributed by atoms with Gasteiger partial charge in [-0.15, -0.1) is 0 Å². The molecule has 0 bridgehead atoms. The van der Waals surface area contributed by atoms with Crippen LogP contribution in [0.4, 0.5) is 0 Å². The van der Waals surface area contributed by atoms with E-state index in [4.69, 9.17) is 5.11 Å². The minimum Gasteiger partial charge on any atom is -0.395 e. The summed E-state index contributed by atoms with van der Waals surface area (Å²) in [5.41, 5.74) is 0. The second-order valence-electron chi connectivity index (χ2n) is 3.03. The summed E-state index contributed by atoms with van der Waals surface area (Å²) >= 11 is 0. The van der Waals surface area contributed by atoms with Crippen molar-refractivity contribution in [3.05, 3.63) is 0 Å². The van der Waals surface area contributed by atoms with Gasteiger partial charge in [0.05, 0.1) is 6.61 Å². The van der Waals surface area contributed by atoms with Crippen molar-refractivity contribution in [2.45, 2.75) is 19.4 Å². The number of piperazine rings is 1. The Kier molecular flexibility index (Phi) is 3.83. The second-order valence-corrected chi connectivity index (χ2v) is 3.03. The maximum absolute atomic E-state index is 9.02. The lowest BCUT2D eigenvalue weighted by molar-refractivity contribution is 0.108. The molecule has 0 aliphatic carbocycles. The SMILES string of the molecule is CC[C@H](CO)N1CCNCC1. The first kappa shape index (κ1) is 8.97. The summed E-state index contributed by atoms with van der Waals surface area (Å²) in [6.45, 7) is 6.73. The Labute approximate surface area is 68.4 Å². The molecular formula is C8H18N2O. The Morgan fingerprint density at radius 3 is 2.55 bits per heavy atom. The van der Waals surface area contributed by atoms with Gasteiger partial charge in [0, 0.05) is 32.2 Å². The first-order chi connectivity index (χ1) is 5.38. The van der Waals surface area contributed by atoms with Gasteiger partial charge in [-0.05, 0) is 6.42 Å². The molecule has 11 heavy (non-hydrogen) atoms. The molecule has 1 aliphatic heterocycles. The van der Waals surface area contributed by atoms with Crippen LogP contribution in [0.15, 0.2) is 0 Å². The van der Waals surface area contributed by atoms with Crippen molar-refractivity contribution >= 4 is 0 Å². The van der Waals surface area contributed by atoms with Crippen molar-refractivity contribution in [2.75, 3.05) is 32.8 Å². The fourth-order valence-corrected chi connectivity index (χ4v) is 1.55. The van der Waals surface area contributed by atoms with Crippen LogP contribution in [-0.2, 0) is 0 Å². The van der Waals surface area contributed by atoms with E-state index in [1.165, 1.54) is 0 Å². The van der Waals surface area contributed by atoms with E-state index in [9.17, 15) is 0 Å². The average molecular weight is 158 g/mol. The summed E-state index contributed by atoms with van der Waals surface area (Å²) in [5.74, 6) is 0. The number of nitrogens with zero attached hydrogens (tertiary/aromatic N) is 1. The van der Waals surface area contributed by atoms with Crippen LogP contribution >= 0.6 is 0 Å². The quantitative estimate of drug-likeness (QED) is 0.590. The fourth-order valence-electron chi connectivity index (χ4n) is 1.55. The van der Waals surface area contributed by atoms with Crippen LogP contribution in [0.1, 0.15) is 13.3 Å². The Hall–Kier alpha value is -0.120. The molecule has 0 unspecified atom stereocenters. The molecule has 3 heteroatoms. The largest absolute Gasteiger partial charge is 0.395 e. The van der Waals surface area contributed by atoms with Crippen molar-refractivity contribution in [1.82, 2.24) is 10.2 Å². The molecule has 0 saturated carbocycles. The minimum absolute atomic E-state index is 0.302. The summed E-state index contributed by atoms with van der Waals surface area (Å²) in [4.78, 5) is 2.36. The number of hydrogen-bond donors (Lipinski definition) is 2. The molecule has 0 spiro atoms. The Bertz CT molecular complexity index is 98.3. The molecule has 0 aromatic carbocycles. The van der Waals surface area contributed by atoms with E-state index in [0.717, 1.165) is 32.6 Å². The van der Waals surface area contributed by atoms with Gasteiger partial charge < -0.3 is 10.4 Å². The monoisotopic (exact) mass is 158 g/mol. The standard InChI is InChI=1S/C8H18N2O/c1-2-8(7-11)10-5-3-9-4-6-10/h8-9,11H,2-7H2,1H3/t8-/m1/s1. The molecule has 1 rings (SSSR count). The predicted molar refractivity (Wildman–Crippen MR) is 45.6 cm³/mol. The van der Waals surface area contributed by atoms with Crippen LogP contribution in [0.25, 0.3) is 0 Å². The lowest BCUT2D eigenvalue weighted by Gasteiger charge is -2.33. The Morgan fingerprint density at radius 2 is 2.09 bits per heavy atom. The van der Waals surface area contributed by atoms with E-state index in [2.05, 4.69) is 17.1 Å². The number of rotatable bonds is 3. The van der Waals surface area contributed by atoms with Crippen molar-refractivity contribution in [3.63, 3.8) is 0 Å². The first-order valence-electron chi connectivity index (χ1n) is 4.44. The van der Waals surface area contributed by atoms with Crippen molar-refractivity contribution in [3.8, 4) is 0 Å². The number of aliphatic hydroxyl groups excluding tert-OH is 1. The zero-order valence-corrected chi connectivity index (χ0v) is 7.21. The van der Waals surface area contributed by atoms with Crippen LogP contribution in [0.5, 0.6) is 0 Å². The third kappa shape index (κ3) is 2.43. The van der Waals surface area contributed by atoms with Gasteiger partial charge in [0.2, 0.25) is 0 Å². The minimum atomic E-state index is 0.302. The Morgan fingerprint density at radius 1 is 1.45 bits per heavy atom. The van der Waals surface area contributed by atoms with Gasteiger partial charge in [-0.1, -0.05) is 6.92 Å². The zero-order valence-electron chi connectivity index (χ0n) is 7.21. The molecule has 0 radical (unpaired) electrons. The molecule has 66 valence electrons. The van der Waals surface area contributed by atoms with Crippen LogP contribution < -0.4 is 5.32 Å². The van der Waals surface area contributed by atoms with E-state index in [1.807, 2.05) is 0 Å². The molecule has 1 fully saturated rings. The van der Waals surface area contributed by atoms with E-state index in [-0.39, 0.29) is 0 Å². The van der Waals surface area contributed by atoms with E-state index in [0.29, 0.717) is 12.6 Å². The van der Waals surface area contributed by atoms with Crippen LogP contribution in [-0.4, -0.2) is 48.8 Å². The van der Waals surface area contributed by atoms with Crippen LogP contribution in [0.2, 0.25) is 0 Å². The summed E-state index contributed by atoms with van der Waals surface area (Å²) in [5, 5.41) is 12.3. The number of nitrogens with one attached hydrogen (secondary N) is 1. The van der Waals surface area contributed by atoms with Crippen molar-refractivity contribution in [1.29, 1.82) is 0 Å². The van der Waals surface area contributed by atoms with Crippen LogP contribution in [0, 0.1) is 0 Å². The third-order valence-corrected chi connectivity index (χ3v) is 2.35. The molecule has 1 aliphatic rings. The molecule has 1 atom stereocenters. The summed E-state index contributed by atoms with van der Waals surface area (Å²) in [6, 6.07) is 0.386. The van der Waals surface area contributed by atoms with Gasteiger partial charge in [-0.25, -0.2) is 0 Å². The Balaban J connectivity index is 2.30. The molecule has 1 heterocycles. The molecule has 0 aromatic rings. The number of aliphatic hydroxyl groups is 1. The maximum atomic E-state index is 9.02. The predicted octanol–water partition coefficient (Wildman–Crippen LogP) is -0.337. The average Bonchev–Trinajstić information content (AvgIpc) is 2.09. The van der Waals surface area contributed by atoms with Gasteiger partial charge in [-0.2, -0.15) is 0 Å². The highest BCUT2D eigenvalue weighted by atomic mass is 16.3. The van der Waals surface area contributed by atoms with Gasteiger partial charge in [0.25, 0.3) is 0 Å². The normalized spacial score (nSPS) is 23.5. The summed E-state index contributed by atoms with van der Waals surface area (Å²) < 4.78 is 0. The molecule has 0 aromatic heterocycles. The van der Waals surface area contributed by atoms with Crippen LogP contribution in [0.3, 0.4) is 0 Å². The lowest BCUT2D eigenvalue weighted by Crippen LogP contribution is -2.49. The fraction of sp³-hybridized carbons (Fsp3) is 1.00. The molecule has 3 nitrogen and oxygen atoms in total.